The Hall–Kier alpha value is -2.65. The smallest absolute Gasteiger partial charge is 0.256 e. The summed E-state index contributed by atoms with van der Waals surface area (Å²) in [6, 6.07) is 9.75. The minimum absolute atomic E-state index is 0.0344. The molecular weight excluding hydrogens is 382 g/mol. The number of carbonyl (C=O) groups is 1. The summed E-state index contributed by atoms with van der Waals surface area (Å²) in [6.07, 6.45) is 3.49. The predicted octanol–water partition coefficient (Wildman–Crippen LogP) is 2.54. The van der Waals surface area contributed by atoms with Crippen LogP contribution >= 0.6 is 0 Å². The molecule has 1 saturated heterocycles. The first-order valence-corrected chi connectivity index (χ1v) is 10.8. The lowest BCUT2D eigenvalue weighted by molar-refractivity contribution is 0.0855. The van der Waals surface area contributed by atoms with Gasteiger partial charge in [-0.1, -0.05) is 6.07 Å². The van der Waals surface area contributed by atoms with Gasteiger partial charge in [-0.25, -0.2) is 13.4 Å². The van der Waals surface area contributed by atoms with Crippen LogP contribution in [0.15, 0.2) is 42.6 Å². The van der Waals surface area contributed by atoms with E-state index in [9.17, 15) is 13.2 Å². The number of sulfonamides is 1. The van der Waals surface area contributed by atoms with Crippen LogP contribution < -0.4 is 14.8 Å². The van der Waals surface area contributed by atoms with Crippen molar-refractivity contribution in [3.05, 3.63) is 48.2 Å². The first kappa shape index (κ1) is 20.1. The molecule has 1 amide bonds. The van der Waals surface area contributed by atoms with Gasteiger partial charge in [0.2, 0.25) is 15.9 Å². The zero-order valence-electron chi connectivity index (χ0n) is 15.6. The van der Waals surface area contributed by atoms with Crippen molar-refractivity contribution in [2.75, 3.05) is 23.6 Å². The summed E-state index contributed by atoms with van der Waals surface area (Å²) in [5.41, 5.74) is 0.666. The Morgan fingerprint density at radius 2 is 2.18 bits per heavy atom. The van der Waals surface area contributed by atoms with Crippen molar-refractivity contribution in [1.82, 2.24) is 10.3 Å². The molecule has 2 heterocycles. The summed E-state index contributed by atoms with van der Waals surface area (Å²) in [4.78, 5) is 16.7. The number of nitrogens with zero attached hydrogens (tertiary/aromatic N) is 1. The number of benzene rings is 1. The zero-order chi connectivity index (χ0) is 20.0. The van der Waals surface area contributed by atoms with Crippen LogP contribution in [-0.4, -0.2) is 44.3 Å². The number of amides is 1. The molecule has 150 valence electrons. The molecule has 0 saturated carbocycles. The Kier molecular flexibility index (Phi) is 6.48. The number of ether oxygens (including phenoxy) is 2. The SMILES string of the molecule is CCS(=O)(=O)Nc1cccc(Oc2ncccc2C(=O)NCC2CCCO2)c1. The third-order valence-corrected chi connectivity index (χ3v) is 5.54. The molecular formula is C19H23N3O5S. The number of carbonyl (C=O) groups excluding carboxylic acids is 1. The molecule has 0 radical (unpaired) electrons. The van der Waals surface area contributed by atoms with E-state index < -0.39 is 10.0 Å². The van der Waals surface area contributed by atoms with Crippen molar-refractivity contribution in [3.8, 4) is 11.6 Å². The van der Waals surface area contributed by atoms with E-state index in [0.29, 0.717) is 23.5 Å². The van der Waals surface area contributed by atoms with Gasteiger partial charge in [0.05, 0.1) is 17.5 Å². The highest BCUT2D eigenvalue weighted by Crippen LogP contribution is 2.26. The molecule has 3 rings (SSSR count). The largest absolute Gasteiger partial charge is 0.438 e. The maximum absolute atomic E-state index is 12.5. The van der Waals surface area contributed by atoms with Crippen molar-refractivity contribution in [2.24, 2.45) is 0 Å². The number of nitrogens with one attached hydrogen (secondary N) is 2. The third kappa shape index (κ3) is 5.43. The van der Waals surface area contributed by atoms with Gasteiger partial charge in [-0.15, -0.1) is 0 Å². The van der Waals surface area contributed by atoms with Crippen LogP contribution in [0, 0.1) is 0 Å². The molecule has 1 aromatic carbocycles. The van der Waals surface area contributed by atoms with E-state index in [1.807, 2.05) is 0 Å². The molecule has 0 aliphatic carbocycles. The lowest BCUT2D eigenvalue weighted by Gasteiger charge is -2.13. The van der Waals surface area contributed by atoms with Crippen LogP contribution in [0.4, 0.5) is 5.69 Å². The monoisotopic (exact) mass is 405 g/mol. The highest BCUT2D eigenvalue weighted by Gasteiger charge is 2.19. The number of hydrogen-bond acceptors (Lipinski definition) is 6. The fraction of sp³-hybridized carbons (Fsp3) is 0.368. The number of rotatable bonds is 8. The second kappa shape index (κ2) is 9.03. The molecule has 0 spiro atoms. The van der Waals surface area contributed by atoms with Crippen LogP contribution in [0.25, 0.3) is 0 Å². The molecule has 1 aliphatic rings. The Labute approximate surface area is 164 Å². The van der Waals surface area contributed by atoms with Crippen LogP contribution in [0.3, 0.4) is 0 Å². The van der Waals surface area contributed by atoms with E-state index in [0.717, 1.165) is 19.4 Å². The van der Waals surface area contributed by atoms with Gasteiger partial charge in [-0.2, -0.15) is 0 Å². The summed E-state index contributed by atoms with van der Waals surface area (Å²) >= 11 is 0. The topological polar surface area (TPSA) is 107 Å². The summed E-state index contributed by atoms with van der Waals surface area (Å²) < 4.78 is 37.2. The molecule has 8 nitrogen and oxygen atoms in total. The minimum Gasteiger partial charge on any atom is -0.438 e. The summed E-state index contributed by atoms with van der Waals surface area (Å²) in [5, 5.41) is 2.84. The summed E-state index contributed by atoms with van der Waals surface area (Å²) in [5.74, 6) is 0.167. The quantitative estimate of drug-likeness (QED) is 0.699. The Morgan fingerprint density at radius 3 is 2.93 bits per heavy atom. The number of aromatic nitrogens is 1. The van der Waals surface area contributed by atoms with Gasteiger partial charge in [0.15, 0.2) is 0 Å². The predicted molar refractivity (Wildman–Crippen MR) is 105 cm³/mol. The van der Waals surface area contributed by atoms with Crippen LogP contribution in [-0.2, 0) is 14.8 Å². The second-order valence-electron chi connectivity index (χ2n) is 6.34. The Bertz CT molecular complexity index is 927. The molecule has 1 fully saturated rings. The van der Waals surface area contributed by atoms with Crippen LogP contribution in [0.1, 0.15) is 30.1 Å². The van der Waals surface area contributed by atoms with Gasteiger partial charge in [0.25, 0.3) is 5.91 Å². The summed E-state index contributed by atoms with van der Waals surface area (Å²) in [6.45, 7) is 2.71. The van der Waals surface area contributed by atoms with Crippen molar-refractivity contribution < 1.29 is 22.7 Å². The number of pyridine rings is 1. The van der Waals surface area contributed by atoms with Crippen molar-refractivity contribution in [1.29, 1.82) is 0 Å². The van der Waals surface area contributed by atoms with Gasteiger partial charge >= 0.3 is 0 Å². The van der Waals surface area contributed by atoms with Crippen LogP contribution in [0.5, 0.6) is 11.6 Å². The zero-order valence-corrected chi connectivity index (χ0v) is 16.4. The summed E-state index contributed by atoms with van der Waals surface area (Å²) in [7, 11) is -3.40. The lowest BCUT2D eigenvalue weighted by Crippen LogP contribution is -2.32. The molecule has 0 bridgehead atoms. The van der Waals surface area contributed by atoms with Crippen molar-refractivity contribution in [3.63, 3.8) is 0 Å². The molecule has 28 heavy (non-hydrogen) atoms. The molecule has 1 atom stereocenters. The minimum atomic E-state index is -3.40. The average molecular weight is 405 g/mol. The van der Waals surface area contributed by atoms with Gasteiger partial charge in [0, 0.05) is 25.4 Å². The van der Waals surface area contributed by atoms with Gasteiger partial charge < -0.3 is 14.8 Å². The average Bonchev–Trinajstić information content (AvgIpc) is 3.20. The van der Waals surface area contributed by atoms with Gasteiger partial charge in [-0.3, -0.25) is 9.52 Å². The van der Waals surface area contributed by atoms with Crippen molar-refractivity contribution >= 4 is 21.6 Å². The highest BCUT2D eigenvalue weighted by atomic mass is 32.2. The van der Waals surface area contributed by atoms with E-state index in [4.69, 9.17) is 9.47 Å². The van der Waals surface area contributed by atoms with E-state index in [2.05, 4.69) is 15.0 Å². The fourth-order valence-corrected chi connectivity index (χ4v) is 3.37. The third-order valence-electron chi connectivity index (χ3n) is 4.23. The van der Waals surface area contributed by atoms with E-state index in [-0.39, 0.29) is 23.6 Å². The maximum atomic E-state index is 12.5. The molecule has 1 unspecified atom stereocenters. The van der Waals surface area contributed by atoms with E-state index in [1.165, 1.54) is 12.3 Å². The van der Waals surface area contributed by atoms with E-state index in [1.54, 1.807) is 37.3 Å². The Morgan fingerprint density at radius 1 is 1.32 bits per heavy atom. The molecule has 2 aromatic rings. The first-order chi connectivity index (χ1) is 13.5. The standard InChI is InChI=1S/C19H23N3O5S/c1-2-28(24,25)22-14-6-3-7-15(12-14)27-19-17(9-4-10-20-19)18(23)21-13-16-8-5-11-26-16/h3-4,6-7,9-10,12,16,22H,2,5,8,11,13H2,1H3,(H,21,23). The number of hydrogen-bond donors (Lipinski definition) is 2. The molecule has 9 heteroatoms. The molecule has 2 N–H and O–H groups in total. The second-order valence-corrected chi connectivity index (χ2v) is 8.35. The molecule has 1 aromatic heterocycles. The van der Waals surface area contributed by atoms with Crippen LogP contribution in [0.2, 0.25) is 0 Å². The van der Waals surface area contributed by atoms with Crippen molar-refractivity contribution in [2.45, 2.75) is 25.9 Å². The maximum Gasteiger partial charge on any atom is 0.256 e. The van der Waals surface area contributed by atoms with E-state index >= 15 is 0 Å². The van der Waals surface area contributed by atoms with Gasteiger partial charge in [-0.05, 0) is 44.0 Å². The Balaban J connectivity index is 1.71. The number of anilines is 1. The highest BCUT2D eigenvalue weighted by molar-refractivity contribution is 7.92. The fourth-order valence-electron chi connectivity index (χ4n) is 2.74. The lowest BCUT2D eigenvalue weighted by atomic mass is 10.2. The molecule has 1 aliphatic heterocycles. The first-order valence-electron chi connectivity index (χ1n) is 9.10. The normalized spacial score (nSPS) is 16.5. The van der Waals surface area contributed by atoms with Gasteiger partial charge in [0.1, 0.15) is 11.3 Å².